The summed E-state index contributed by atoms with van der Waals surface area (Å²) in [5, 5.41) is 3.08. The van der Waals surface area contributed by atoms with E-state index in [1.54, 1.807) is 0 Å². The van der Waals surface area contributed by atoms with Crippen LogP contribution >= 0.6 is 0 Å². The summed E-state index contributed by atoms with van der Waals surface area (Å²) in [5.41, 5.74) is 2.09. The molecule has 0 aromatic heterocycles. The number of aryl methyl sites for hydroxylation is 1. The SMILES string of the molecule is CNc1ccc(OCOc2ccc(OCCCCCCC3CO3)cc2C)cc1. The molecule has 1 aliphatic heterocycles. The first-order chi connectivity index (χ1) is 13.7. The molecule has 1 fully saturated rings. The zero-order valence-corrected chi connectivity index (χ0v) is 16.9. The van der Waals surface area contributed by atoms with Crippen LogP contribution in [0.4, 0.5) is 5.69 Å². The molecule has 3 rings (SSSR count). The summed E-state index contributed by atoms with van der Waals surface area (Å²) in [6.45, 7) is 3.92. The Balaban J connectivity index is 1.32. The van der Waals surface area contributed by atoms with Gasteiger partial charge in [0, 0.05) is 12.7 Å². The van der Waals surface area contributed by atoms with Crippen molar-refractivity contribution in [1.82, 2.24) is 0 Å². The highest BCUT2D eigenvalue weighted by Gasteiger charge is 2.20. The van der Waals surface area contributed by atoms with E-state index < -0.39 is 0 Å². The van der Waals surface area contributed by atoms with Gasteiger partial charge >= 0.3 is 0 Å². The zero-order chi connectivity index (χ0) is 19.6. The van der Waals surface area contributed by atoms with Gasteiger partial charge in [-0.05, 0) is 67.8 Å². The third-order valence-corrected chi connectivity index (χ3v) is 4.82. The van der Waals surface area contributed by atoms with Crippen LogP contribution in [0, 0.1) is 6.92 Å². The van der Waals surface area contributed by atoms with Crippen LogP contribution in [0.25, 0.3) is 0 Å². The lowest BCUT2D eigenvalue weighted by atomic mass is 10.1. The van der Waals surface area contributed by atoms with Crippen molar-refractivity contribution in [3.05, 3.63) is 48.0 Å². The first kappa shape index (κ1) is 20.3. The van der Waals surface area contributed by atoms with Gasteiger partial charge in [-0.2, -0.15) is 0 Å². The minimum absolute atomic E-state index is 0.172. The standard InChI is InChI=1S/C23H31NO4/c1-18-15-21(25-14-6-4-3-5-7-22-16-26-22)12-13-23(18)28-17-27-20-10-8-19(24-2)9-11-20/h8-13,15,22,24H,3-7,14,16-17H2,1-2H3. The summed E-state index contributed by atoms with van der Waals surface area (Å²) in [4.78, 5) is 0. The van der Waals surface area contributed by atoms with Gasteiger partial charge in [0.25, 0.3) is 0 Å². The molecule has 152 valence electrons. The van der Waals surface area contributed by atoms with Gasteiger partial charge in [0.15, 0.2) is 0 Å². The molecule has 0 radical (unpaired) electrons. The highest BCUT2D eigenvalue weighted by Crippen LogP contribution is 2.24. The van der Waals surface area contributed by atoms with Gasteiger partial charge in [0.1, 0.15) is 17.2 Å². The third-order valence-electron chi connectivity index (χ3n) is 4.82. The van der Waals surface area contributed by atoms with Crippen LogP contribution in [-0.2, 0) is 4.74 Å². The van der Waals surface area contributed by atoms with E-state index in [1.165, 1.54) is 25.7 Å². The molecule has 0 spiro atoms. The summed E-state index contributed by atoms with van der Waals surface area (Å²) in [6, 6.07) is 13.7. The van der Waals surface area contributed by atoms with Crippen molar-refractivity contribution in [2.75, 3.05) is 32.4 Å². The monoisotopic (exact) mass is 385 g/mol. The molecular weight excluding hydrogens is 354 g/mol. The number of hydrogen-bond acceptors (Lipinski definition) is 5. The zero-order valence-electron chi connectivity index (χ0n) is 16.9. The molecular formula is C23H31NO4. The Morgan fingerprint density at radius 2 is 1.68 bits per heavy atom. The second-order valence-electron chi connectivity index (χ2n) is 7.11. The number of ether oxygens (including phenoxy) is 4. The Bertz CT molecular complexity index is 713. The van der Waals surface area contributed by atoms with Gasteiger partial charge in [-0.3, -0.25) is 0 Å². The first-order valence-electron chi connectivity index (χ1n) is 10.1. The van der Waals surface area contributed by atoms with Gasteiger partial charge in [0.05, 0.1) is 19.3 Å². The Labute approximate surface area is 168 Å². The summed E-state index contributed by atoms with van der Waals surface area (Å²) < 4.78 is 22.5. The van der Waals surface area contributed by atoms with Crippen LogP contribution < -0.4 is 19.5 Å². The van der Waals surface area contributed by atoms with E-state index in [0.29, 0.717) is 6.10 Å². The molecule has 28 heavy (non-hydrogen) atoms. The van der Waals surface area contributed by atoms with E-state index in [2.05, 4.69) is 5.32 Å². The maximum absolute atomic E-state index is 5.86. The van der Waals surface area contributed by atoms with E-state index >= 15 is 0 Å². The van der Waals surface area contributed by atoms with E-state index in [-0.39, 0.29) is 6.79 Å². The topological polar surface area (TPSA) is 52.2 Å². The molecule has 1 unspecified atom stereocenters. The van der Waals surface area contributed by atoms with E-state index in [0.717, 1.165) is 48.1 Å². The number of nitrogens with one attached hydrogen (secondary N) is 1. The Hall–Kier alpha value is -2.40. The second kappa shape index (κ2) is 10.8. The predicted molar refractivity (Wildman–Crippen MR) is 112 cm³/mol. The lowest BCUT2D eigenvalue weighted by Gasteiger charge is -2.13. The van der Waals surface area contributed by atoms with Gasteiger partial charge in [-0.15, -0.1) is 0 Å². The molecule has 1 atom stereocenters. The lowest BCUT2D eigenvalue weighted by molar-refractivity contribution is 0.119. The largest absolute Gasteiger partial charge is 0.494 e. The number of benzene rings is 2. The van der Waals surface area contributed by atoms with Crippen LogP contribution in [0.5, 0.6) is 17.2 Å². The highest BCUT2D eigenvalue weighted by molar-refractivity contribution is 5.45. The number of rotatable bonds is 13. The molecule has 2 aromatic rings. The van der Waals surface area contributed by atoms with Crippen LogP contribution in [0.1, 0.15) is 37.7 Å². The highest BCUT2D eigenvalue weighted by atomic mass is 16.7. The van der Waals surface area contributed by atoms with E-state index in [4.69, 9.17) is 18.9 Å². The molecule has 5 heteroatoms. The van der Waals surface area contributed by atoms with E-state index in [1.807, 2.05) is 56.4 Å². The van der Waals surface area contributed by atoms with E-state index in [9.17, 15) is 0 Å². The number of unbranched alkanes of at least 4 members (excludes halogenated alkanes) is 3. The average molecular weight is 386 g/mol. The molecule has 1 aliphatic rings. The Morgan fingerprint density at radius 3 is 2.39 bits per heavy atom. The van der Waals surface area contributed by atoms with Gasteiger partial charge < -0.3 is 24.3 Å². The van der Waals surface area contributed by atoms with Crippen molar-refractivity contribution in [3.8, 4) is 17.2 Å². The minimum Gasteiger partial charge on any atom is -0.494 e. The van der Waals surface area contributed by atoms with Gasteiger partial charge in [-0.1, -0.05) is 19.3 Å². The van der Waals surface area contributed by atoms with Gasteiger partial charge in [-0.25, -0.2) is 0 Å². The molecule has 5 nitrogen and oxygen atoms in total. The summed E-state index contributed by atoms with van der Waals surface area (Å²) in [7, 11) is 1.89. The molecule has 0 bridgehead atoms. The quantitative estimate of drug-likeness (QED) is 0.292. The van der Waals surface area contributed by atoms with Crippen molar-refractivity contribution in [2.24, 2.45) is 0 Å². The van der Waals surface area contributed by atoms with Crippen molar-refractivity contribution < 1.29 is 18.9 Å². The molecule has 0 amide bonds. The minimum atomic E-state index is 0.172. The van der Waals surface area contributed by atoms with Crippen molar-refractivity contribution in [3.63, 3.8) is 0 Å². The molecule has 2 aromatic carbocycles. The fourth-order valence-corrected chi connectivity index (χ4v) is 3.00. The lowest BCUT2D eigenvalue weighted by Crippen LogP contribution is -2.06. The average Bonchev–Trinajstić information content (AvgIpc) is 3.54. The molecule has 0 saturated carbocycles. The van der Waals surface area contributed by atoms with Crippen LogP contribution in [0.15, 0.2) is 42.5 Å². The maximum Gasteiger partial charge on any atom is 0.230 e. The summed E-state index contributed by atoms with van der Waals surface area (Å²) in [6.07, 6.45) is 6.59. The second-order valence-corrected chi connectivity index (χ2v) is 7.11. The summed E-state index contributed by atoms with van der Waals surface area (Å²) in [5.74, 6) is 2.47. The Morgan fingerprint density at radius 1 is 0.929 bits per heavy atom. The van der Waals surface area contributed by atoms with Crippen LogP contribution in [0.2, 0.25) is 0 Å². The first-order valence-corrected chi connectivity index (χ1v) is 10.1. The van der Waals surface area contributed by atoms with Gasteiger partial charge in [0.2, 0.25) is 6.79 Å². The van der Waals surface area contributed by atoms with Crippen molar-refractivity contribution in [1.29, 1.82) is 0 Å². The number of epoxide rings is 1. The number of hydrogen-bond donors (Lipinski definition) is 1. The normalized spacial score (nSPS) is 15.1. The fourth-order valence-electron chi connectivity index (χ4n) is 3.00. The summed E-state index contributed by atoms with van der Waals surface area (Å²) >= 11 is 0. The van der Waals surface area contributed by atoms with Crippen LogP contribution in [-0.4, -0.2) is 33.2 Å². The smallest absolute Gasteiger partial charge is 0.230 e. The Kier molecular flexibility index (Phi) is 7.85. The number of anilines is 1. The molecule has 1 N–H and O–H groups in total. The molecule has 0 aliphatic carbocycles. The third kappa shape index (κ3) is 6.97. The fraction of sp³-hybridized carbons (Fsp3) is 0.478. The predicted octanol–water partition coefficient (Wildman–Crippen LogP) is 5.18. The van der Waals surface area contributed by atoms with Crippen molar-refractivity contribution in [2.45, 2.75) is 45.1 Å². The van der Waals surface area contributed by atoms with Crippen molar-refractivity contribution >= 4 is 5.69 Å². The van der Waals surface area contributed by atoms with Crippen LogP contribution in [0.3, 0.4) is 0 Å². The molecule has 1 heterocycles. The molecule has 1 saturated heterocycles. The maximum atomic E-state index is 5.86.